The van der Waals surface area contributed by atoms with Gasteiger partial charge in [0.15, 0.2) is 0 Å². The molecule has 2 aliphatic rings. The van der Waals surface area contributed by atoms with Crippen LogP contribution in [0.2, 0.25) is 0 Å². The molecule has 2 heterocycles. The average Bonchev–Trinajstić information content (AvgIpc) is 2.88. The highest BCUT2D eigenvalue weighted by Gasteiger charge is 2.37. The van der Waals surface area contributed by atoms with Crippen LogP contribution in [-0.4, -0.2) is 56.4 Å². The second-order valence-corrected chi connectivity index (χ2v) is 8.51. The fourth-order valence-electron chi connectivity index (χ4n) is 2.98. The quantitative estimate of drug-likeness (QED) is 0.896. The molecule has 3 rings (SSSR count). The van der Waals surface area contributed by atoms with E-state index in [4.69, 9.17) is 0 Å². The number of likely N-dealkylation sites (N-methyl/N-ethyl adjacent to an activating group) is 1. The van der Waals surface area contributed by atoms with E-state index in [1.807, 2.05) is 13.1 Å². The van der Waals surface area contributed by atoms with Gasteiger partial charge in [-0.1, -0.05) is 6.07 Å². The topological polar surface area (TPSA) is 52.7 Å². The van der Waals surface area contributed by atoms with E-state index in [0.29, 0.717) is 18.0 Å². The van der Waals surface area contributed by atoms with Gasteiger partial charge in [-0.3, -0.25) is 4.90 Å². The number of sulfonamides is 1. The zero-order valence-electron chi connectivity index (χ0n) is 12.9. The minimum Gasteiger partial charge on any atom is -0.384 e. The molecular weight excluding hydrogens is 286 g/mol. The van der Waals surface area contributed by atoms with E-state index >= 15 is 0 Å². The first-order valence-electron chi connectivity index (χ1n) is 7.39. The van der Waals surface area contributed by atoms with Crippen molar-refractivity contribution in [3.05, 3.63) is 23.8 Å². The van der Waals surface area contributed by atoms with Crippen LogP contribution >= 0.6 is 0 Å². The molecule has 0 amide bonds. The van der Waals surface area contributed by atoms with Crippen molar-refractivity contribution in [2.45, 2.75) is 30.7 Å². The predicted octanol–water partition coefficient (Wildman–Crippen LogP) is 1.37. The number of hydrogen-bond donors (Lipinski definition) is 1. The van der Waals surface area contributed by atoms with E-state index in [-0.39, 0.29) is 5.54 Å². The Morgan fingerprint density at radius 1 is 1.24 bits per heavy atom. The molecular formula is C15H23N3O2S. The number of anilines is 1. The summed E-state index contributed by atoms with van der Waals surface area (Å²) in [6, 6.07) is 5.46. The largest absolute Gasteiger partial charge is 0.384 e. The van der Waals surface area contributed by atoms with Gasteiger partial charge in [-0.2, -0.15) is 4.31 Å². The number of nitrogens with zero attached hydrogens (tertiary/aromatic N) is 2. The van der Waals surface area contributed by atoms with Crippen LogP contribution in [0.1, 0.15) is 19.4 Å². The molecule has 5 nitrogen and oxygen atoms in total. The van der Waals surface area contributed by atoms with Crippen LogP contribution in [0, 0.1) is 0 Å². The third kappa shape index (κ3) is 2.56. The Morgan fingerprint density at radius 2 is 2.00 bits per heavy atom. The number of piperazine rings is 1. The van der Waals surface area contributed by atoms with Gasteiger partial charge < -0.3 is 5.32 Å². The summed E-state index contributed by atoms with van der Waals surface area (Å²) in [5.74, 6) is 0. The summed E-state index contributed by atoms with van der Waals surface area (Å²) >= 11 is 0. The highest BCUT2D eigenvalue weighted by molar-refractivity contribution is 7.89. The molecule has 1 aromatic carbocycles. The van der Waals surface area contributed by atoms with Crippen LogP contribution in [0.4, 0.5) is 5.69 Å². The third-order valence-corrected chi connectivity index (χ3v) is 6.55. The van der Waals surface area contributed by atoms with Crippen molar-refractivity contribution in [3.63, 3.8) is 0 Å². The first kappa shape index (κ1) is 14.8. The molecule has 21 heavy (non-hydrogen) atoms. The van der Waals surface area contributed by atoms with Crippen molar-refractivity contribution >= 4 is 15.7 Å². The van der Waals surface area contributed by atoms with E-state index in [0.717, 1.165) is 25.2 Å². The molecule has 0 spiro atoms. The SMILES string of the molecule is CN1CCN(S(=O)(=O)c2ccc3c(c2)NCC3)CC1(C)C. The molecule has 116 valence electrons. The highest BCUT2D eigenvalue weighted by atomic mass is 32.2. The van der Waals surface area contributed by atoms with Crippen molar-refractivity contribution in [3.8, 4) is 0 Å². The Balaban J connectivity index is 1.90. The molecule has 6 heteroatoms. The van der Waals surface area contributed by atoms with E-state index in [9.17, 15) is 8.42 Å². The zero-order chi connectivity index (χ0) is 15.3. The van der Waals surface area contributed by atoms with E-state index < -0.39 is 10.0 Å². The van der Waals surface area contributed by atoms with Crippen LogP contribution in [0.15, 0.2) is 23.1 Å². The fraction of sp³-hybridized carbons (Fsp3) is 0.600. The molecule has 0 unspecified atom stereocenters. The van der Waals surface area contributed by atoms with Crippen LogP contribution < -0.4 is 5.32 Å². The van der Waals surface area contributed by atoms with Gasteiger partial charge in [0, 0.05) is 37.4 Å². The van der Waals surface area contributed by atoms with Crippen molar-refractivity contribution < 1.29 is 8.42 Å². The van der Waals surface area contributed by atoms with Gasteiger partial charge in [0.25, 0.3) is 0 Å². The molecule has 0 atom stereocenters. The second kappa shape index (κ2) is 4.97. The van der Waals surface area contributed by atoms with E-state index in [2.05, 4.69) is 24.1 Å². The molecule has 1 aromatic rings. The van der Waals surface area contributed by atoms with Gasteiger partial charge in [0.2, 0.25) is 10.0 Å². The first-order valence-corrected chi connectivity index (χ1v) is 8.83. The Morgan fingerprint density at radius 3 is 2.71 bits per heavy atom. The maximum Gasteiger partial charge on any atom is 0.243 e. The lowest BCUT2D eigenvalue weighted by Crippen LogP contribution is -2.58. The van der Waals surface area contributed by atoms with Gasteiger partial charge in [-0.15, -0.1) is 0 Å². The summed E-state index contributed by atoms with van der Waals surface area (Å²) in [5, 5.41) is 3.25. The maximum atomic E-state index is 12.9. The van der Waals surface area contributed by atoms with Gasteiger partial charge >= 0.3 is 0 Å². The van der Waals surface area contributed by atoms with Crippen LogP contribution in [0.5, 0.6) is 0 Å². The summed E-state index contributed by atoms with van der Waals surface area (Å²) in [6.07, 6.45) is 0.969. The number of benzene rings is 1. The van der Waals surface area contributed by atoms with Crippen molar-refractivity contribution in [1.82, 2.24) is 9.21 Å². The number of fused-ring (bicyclic) bond motifs is 1. The molecule has 0 bridgehead atoms. The minimum atomic E-state index is -3.41. The maximum absolute atomic E-state index is 12.9. The summed E-state index contributed by atoms with van der Waals surface area (Å²) in [6.45, 7) is 6.89. The third-order valence-electron chi connectivity index (χ3n) is 4.71. The molecule has 1 N–H and O–H groups in total. The Hall–Kier alpha value is -1.11. The lowest BCUT2D eigenvalue weighted by molar-refractivity contribution is 0.0801. The lowest BCUT2D eigenvalue weighted by Gasteiger charge is -2.44. The summed E-state index contributed by atoms with van der Waals surface area (Å²) in [5.41, 5.74) is 2.03. The Bertz CT molecular complexity index is 655. The van der Waals surface area contributed by atoms with Gasteiger partial charge in [-0.05, 0) is 45.0 Å². The van der Waals surface area contributed by atoms with Gasteiger partial charge in [-0.25, -0.2) is 8.42 Å². The first-order chi connectivity index (χ1) is 9.80. The van der Waals surface area contributed by atoms with Gasteiger partial charge in [0.05, 0.1) is 4.90 Å². The minimum absolute atomic E-state index is 0.139. The molecule has 0 aromatic heterocycles. The highest BCUT2D eigenvalue weighted by Crippen LogP contribution is 2.29. The summed E-state index contributed by atoms with van der Waals surface area (Å²) < 4.78 is 27.3. The monoisotopic (exact) mass is 309 g/mol. The fourth-order valence-corrected chi connectivity index (χ4v) is 4.59. The van der Waals surface area contributed by atoms with Gasteiger partial charge in [0.1, 0.15) is 0 Å². The van der Waals surface area contributed by atoms with Crippen LogP contribution in [0.25, 0.3) is 0 Å². The summed E-state index contributed by atoms with van der Waals surface area (Å²) in [7, 11) is -1.37. The predicted molar refractivity (Wildman–Crippen MR) is 84.1 cm³/mol. The standard InChI is InChI=1S/C15H23N3O2S/c1-15(2)11-18(9-8-17(15)3)21(19,20)13-5-4-12-6-7-16-14(12)10-13/h4-5,10,16H,6-9,11H2,1-3H3. The summed E-state index contributed by atoms with van der Waals surface area (Å²) in [4.78, 5) is 2.61. The van der Waals surface area contributed by atoms with Crippen LogP contribution in [0.3, 0.4) is 0 Å². The molecule has 0 saturated carbocycles. The molecule has 1 fully saturated rings. The van der Waals surface area contributed by atoms with Crippen LogP contribution in [-0.2, 0) is 16.4 Å². The van der Waals surface area contributed by atoms with E-state index in [1.54, 1.807) is 16.4 Å². The molecule has 1 saturated heterocycles. The second-order valence-electron chi connectivity index (χ2n) is 6.57. The van der Waals surface area contributed by atoms with E-state index in [1.165, 1.54) is 5.56 Å². The molecule has 0 aliphatic carbocycles. The zero-order valence-corrected chi connectivity index (χ0v) is 13.7. The average molecular weight is 309 g/mol. The number of hydrogen-bond acceptors (Lipinski definition) is 4. The van der Waals surface area contributed by atoms with Crippen molar-refractivity contribution in [1.29, 1.82) is 0 Å². The Labute approximate surface area is 127 Å². The molecule has 2 aliphatic heterocycles. The normalized spacial score (nSPS) is 22.8. The Kier molecular flexibility index (Phi) is 3.50. The number of nitrogens with one attached hydrogen (secondary N) is 1. The lowest BCUT2D eigenvalue weighted by atomic mass is 10.0. The number of rotatable bonds is 2. The van der Waals surface area contributed by atoms with Crippen molar-refractivity contribution in [2.24, 2.45) is 0 Å². The van der Waals surface area contributed by atoms with Crippen molar-refractivity contribution in [2.75, 3.05) is 38.5 Å². The smallest absolute Gasteiger partial charge is 0.243 e. The molecule has 0 radical (unpaired) electrons.